The van der Waals surface area contributed by atoms with Crippen LogP contribution in [0, 0.1) is 13.8 Å². The number of hydrogen-bond acceptors (Lipinski definition) is 5. The molecule has 0 bridgehead atoms. The molecule has 2 aromatic heterocycles. The molecule has 6 heteroatoms. The molecule has 0 atom stereocenters. The van der Waals surface area contributed by atoms with Gasteiger partial charge in [0, 0.05) is 30.3 Å². The zero-order chi connectivity index (χ0) is 14.1. The average molecular weight is 275 g/mol. The normalized spacial score (nSPS) is 14.9. The zero-order valence-electron chi connectivity index (χ0n) is 12.3. The highest BCUT2D eigenvalue weighted by Crippen LogP contribution is 2.21. The summed E-state index contributed by atoms with van der Waals surface area (Å²) in [5, 5.41) is 12.0. The number of aryl methyl sites for hydroxylation is 2. The molecule has 108 valence electrons. The smallest absolute Gasteiger partial charge is 0.248 e. The van der Waals surface area contributed by atoms with Gasteiger partial charge in [0.1, 0.15) is 6.54 Å². The standard InChI is InChI=1S/C14H21N5O/c1-4-13-16-14(20-18-13)8-19-10(3)12(9(2)17-19)7-15-11-5-6-11/h11,15H,4-8H2,1-3H3. The van der Waals surface area contributed by atoms with E-state index in [9.17, 15) is 0 Å². The van der Waals surface area contributed by atoms with Crippen molar-refractivity contribution in [2.45, 2.75) is 59.2 Å². The molecule has 0 aliphatic heterocycles. The van der Waals surface area contributed by atoms with Gasteiger partial charge < -0.3 is 9.84 Å². The summed E-state index contributed by atoms with van der Waals surface area (Å²) in [6.45, 7) is 7.61. The molecule has 6 nitrogen and oxygen atoms in total. The maximum atomic E-state index is 5.23. The van der Waals surface area contributed by atoms with Gasteiger partial charge in [-0.2, -0.15) is 10.1 Å². The minimum absolute atomic E-state index is 0.545. The molecule has 1 saturated carbocycles. The molecule has 1 aliphatic carbocycles. The molecule has 0 unspecified atom stereocenters. The predicted octanol–water partition coefficient (Wildman–Crippen LogP) is 1.75. The summed E-state index contributed by atoms with van der Waals surface area (Å²) in [6.07, 6.45) is 3.39. The van der Waals surface area contributed by atoms with Crippen LogP contribution in [0.25, 0.3) is 0 Å². The van der Waals surface area contributed by atoms with Gasteiger partial charge in [0.15, 0.2) is 5.82 Å². The minimum atomic E-state index is 0.545. The fourth-order valence-electron chi connectivity index (χ4n) is 2.30. The lowest BCUT2D eigenvalue weighted by Crippen LogP contribution is -2.16. The topological polar surface area (TPSA) is 68.8 Å². The Morgan fingerprint density at radius 1 is 1.35 bits per heavy atom. The van der Waals surface area contributed by atoms with Gasteiger partial charge in [0.2, 0.25) is 5.89 Å². The van der Waals surface area contributed by atoms with E-state index in [1.807, 2.05) is 11.6 Å². The van der Waals surface area contributed by atoms with Crippen LogP contribution in [0.15, 0.2) is 4.52 Å². The van der Waals surface area contributed by atoms with Gasteiger partial charge in [0.05, 0.1) is 5.69 Å². The van der Waals surface area contributed by atoms with E-state index in [1.54, 1.807) is 0 Å². The van der Waals surface area contributed by atoms with Crippen LogP contribution in [-0.2, 0) is 19.5 Å². The summed E-state index contributed by atoms with van der Waals surface area (Å²) in [4.78, 5) is 4.33. The molecule has 2 heterocycles. The molecule has 0 saturated heterocycles. The Morgan fingerprint density at radius 2 is 2.15 bits per heavy atom. The second-order valence-electron chi connectivity index (χ2n) is 5.42. The van der Waals surface area contributed by atoms with E-state index in [1.165, 1.54) is 24.1 Å². The molecule has 3 rings (SSSR count). The van der Waals surface area contributed by atoms with E-state index < -0.39 is 0 Å². The van der Waals surface area contributed by atoms with Crippen LogP contribution in [0.3, 0.4) is 0 Å². The lowest BCUT2D eigenvalue weighted by molar-refractivity contribution is 0.360. The first-order valence-electron chi connectivity index (χ1n) is 7.25. The molecule has 0 radical (unpaired) electrons. The van der Waals surface area contributed by atoms with E-state index >= 15 is 0 Å². The van der Waals surface area contributed by atoms with Crippen molar-refractivity contribution >= 4 is 0 Å². The minimum Gasteiger partial charge on any atom is -0.337 e. The monoisotopic (exact) mass is 275 g/mol. The molecule has 1 N–H and O–H groups in total. The van der Waals surface area contributed by atoms with Crippen molar-refractivity contribution in [3.8, 4) is 0 Å². The molecule has 1 fully saturated rings. The fraction of sp³-hybridized carbons (Fsp3) is 0.643. The van der Waals surface area contributed by atoms with Gasteiger partial charge in [-0.1, -0.05) is 12.1 Å². The SMILES string of the molecule is CCc1noc(Cn2nc(C)c(CNC3CC3)c2C)n1. The summed E-state index contributed by atoms with van der Waals surface area (Å²) in [6, 6.07) is 0.709. The number of nitrogens with zero attached hydrogens (tertiary/aromatic N) is 4. The second kappa shape index (κ2) is 5.36. The van der Waals surface area contributed by atoms with E-state index in [-0.39, 0.29) is 0 Å². The molecule has 1 aliphatic rings. The third-order valence-corrected chi connectivity index (χ3v) is 3.79. The average Bonchev–Trinajstić information content (AvgIpc) is 3.09. The predicted molar refractivity (Wildman–Crippen MR) is 74.3 cm³/mol. The van der Waals surface area contributed by atoms with Crippen LogP contribution >= 0.6 is 0 Å². The first kappa shape index (κ1) is 13.3. The van der Waals surface area contributed by atoms with Crippen LogP contribution in [0.1, 0.15) is 48.4 Å². The Labute approximate surface area is 118 Å². The molecule has 2 aromatic rings. The molecule has 0 aromatic carbocycles. The summed E-state index contributed by atoms with van der Waals surface area (Å²) in [5.74, 6) is 1.37. The Hall–Kier alpha value is -1.69. The Balaban J connectivity index is 1.73. The van der Waals surface area contributed by atoms with E-state index in [0.717, 1.165) is 24.5 Å². The van der Waals surface area contributed by atoms with Crippen LogP contribution in [0.5, 0.6) is 0 Å². The molecule has 0 spiro atoms. The van der Waals surface area contributed by atoms with Crippen LogP contribution in [0.4, 0.5) is 0 Å². The lowest BCUT2D eigenvalue weighted by atomic mass is 10.2. The largest absolute Gasteiger partial charge is 0.337 e. The number of rotatable bonds is 6. The molecule has 20 heavy (non-hydrogen) atoms. The lowest BCUT2D eigenvalue weighted by Gasteiger charge is -2.04. The van der Waals surface area contributed by atoms with Gasteiger partial charge in [-0.25, -0.2) is 0 Å². The highest BCUT2D eigenvalue weighted by molar-refractivity contribution is 5.24. The zero-order valence-corrected chi connectivity index (χ0v) is 12.3. The van der Waals surface area contributed by atoms with Crippen molar-refractivity contribution in [2.75, 3.05) is 0 Å². The molecular formula is C14H21N5O. The van der Waals surface area contributed by atoms with Crippen molar-refractivity contribution in [2.24, 2.45) is 0 Å². The maximum Gasteiger partial charge on any atom is 0.248 e. The third kappa shape index (κ3) is 2.75. The van der Waals surface area contributed by atoms with Gasteiger partial charge in [-0.15, -0.1) is 0 Å². The quantitative estimate of drug-likeness (QED) is 0.869. The van der Waals surface area contributed by atoms with E-state index in [2.05, 4.69) is 34.4 Å². The Bertz CT molecular complexity index is 597. The highest BCUT2D eigenvalue weighted by Gasteiger charge is 2.22. The first-order chi connectivity index (χ1) is 9.67. The second-order valence-corrected chi connectivity index (χ2v) is 5.42. The number of hydrogen-bond donors (Lipinski definition) is 1. The van der Waals surface area contributed by atoms with Gasteiger partial charge in [0.25, 0.3) is 0 Å². The van der Waals surface area contributed by atoms with Crippen molar-refractivity contribution in [1.82, 2.24) is 25.2 Å². The fourth-order valence-corrected chi connectivity index (χ4v) is 2.30. The van der Waals surface area contributed by atoms with Gasteiger partial charge in [-0.3, -0.25) is 4.68 Å². The highest BCUT2D eigenvalue weighted by atomic mass is 16.5. The number of nitrogens with one attached hydrogen (secondary N) is 1. The van der Waals surface area contributed by atoms with Crippen molar-refractivity contribution < 1.29 is 4.52 Å². The van der Waals surface area contributed by atoms with Crippen molar-refractivity contribution in [1.29, 1.82) is 0 Å². The van der Waals surface area contributed by atoms with Crippen molar-refractivity contribution in [3.63, 3.8) is 0 Å². The maximum absolute atomic E-state index is 5.23. The Kier molecular flexibility index (Phi) is 3.56. The van der Waals surface area contributed by atoms with E-state index in [0.29, 0.717) is 18.5 Å². The van der Waals surface area contributed by atoms with E-state index in [4.69, 9.17) is 4.52 Å². The third-order valence-electron chi connectivity index (χ3n) is 3.79. The van der Waals surface area contributed by atoms with Gasteiger partial charge in [-0.05, 0) is 26.7 Å². The summed E-state index contributed by atoms with van der Waals surface area (Å²) < 4.78 is 7.18. The van der Waals surface area contributed by atoms with Crippen LogP contribution in [-0.4, -0.2) is 26.0 Å². The van der Waals surface area contributed by atoms with Crippen molar-refractivity contribution in [3.05, 3.63) is 28.7 Å². The van der Waals surface area contributed by atoms with Crippen LogP contribution < -0.4 is 5.32 Å². The van der Waals surface area contributed by atoms with Crippen LogP contribution in [0.2, 0.25) is 0 Å². The summed E-state index contributed by atoms with van der Waals surface area (Å²) >= 11 is 0. The summed E-state index contributed by atoms with van der Waals surface area (Å²) in [5.41, 5.74) is 3.53. The molecule has 0 amide bonds. The number of aromatic nitrogens is 4. The molecular weight excluding hydrogens is 254 g/mol. The Morgan fingerprint density at radius 3 is 2.80 bits per heavy atom. The first-order valence-corrected chi connectivity index (χ1v) is 7.25. The van der Waals surface area contributed by atoms with Gasteiger partial charge >= 0.3 is 0 Å². The summed E-state index contributed by atoms with van der Waals surface area (Å²) in [7, 11) is 0.